The molecule has 1 heterocycles. The number of aliphatic hydroxyl groups is 1. The Morgan fingerprint density at radius 2 is 1.90 bits per heavy atom. The van der Waals surface area contributed by atoms with E-state index in [1.807, 2.05) is 0 Å². The van der Waals surface area contributed by atoms with Crippen molar-refractivity contribution in [2.75, 3.05) is 6.61 Å². The van der Waals surface area contributed by atoms with Gasteiger partial charge in [0.2, 0.25) is 5.72 Å². The fourth-order valence-electron chi connectivity index (χ4n) is 2.39. The van der Waals surface area contributed by atoms with Crippen LogP contribution < -0.4 is 0 Å². The molecule has 1 unspecified atom stereocenters. The van der Waals surface area contributed by atoms with Crippen molar-refractivity contribution in [1.82, 2.24) is 5.01 Å². The molecule has 13 heteroatoms. The summed E-state index contributed by atoms with van der Waals surface area (Å²) >= 11 is 0. The zero-order valence-electron chi connectivity index (χ0n) is 14.3. The lowest BCUT2D eigenvalue weighted by Crippen LogP contribution is -2.51. The topological polar surface area (TPSA) is 62.1 Å². The molecule has 0 spiro atoms. The fraction of sp³-hybridized carbons (Fsp3) is 0.500. The first-order chi connectivity index (χ1) is 13.4. The molecule has 0 aromatic heterocycles. The molecule has 0 radical (unpaired) electrons. The zero-order chi connectivity index (χ0) is 22.0. The Kier molecular flexibility index (Phi) is 6.83. The first-order valence-corrected chi connectivity index (χ1v) is 7.91. The number of hydrogen-bond acceptors (Lipinski definition) is 4. The van der Waals surface area contributed by atoms with Crippen LogP contribution >= 0.6 is 0 Å². The summed E-state index contributed by atoms with van der Waals surface area (Å²) in [5.74, 6) is -5.75. The number of benzene rings is 1. The van der Waals surface area contributed by atoms with Gasteiger partial charge in [0.1, 0.15) is 12.3 Å². The van der Waals surface area contributed by atoms with Crippen molar-refractivity contribution in [3.05, 3.63) is 35.4 Å². The average molecular weight is 434 g/mol. The molecule has 1 aromatic carbocycles. The predicted octanol–water partition coefficient (Wildman–Crippen LogP) is 3.52. The van der Waals surface area contributed by atoms with Gasteiger partial charge in [-0.3, -0.25) is 4.79 Å². The molecule has 162 valence electrons. The van der Waals surface area contributed by atoms with E-state index in [9.17, 15) is 45.0 Å². The summed E-state index contributed by atoms with van der Waals surface area (Å²) in [6.45, 7) is -2.24. The van der Waals surface area contributed by atoms with Gasteiger partial charge < -0.3 is 9.84 Å². The SMILES string of the molecule is O=C(c1cccc(COCC(F)(F)C(F)F)c1)N1N=C(C(F)F)CC1(O)C(F)F. The van der Waals surface area contributed by atoms with E-state index in [1.165, 1.54) is 12.1 Å². The molecule has 0 bridgehead atoms. The lowest BCUT2D eigenvalue weighted by Gasteiger charge is -2.30. The minimum absolute atomic E-state index is 0.0266. The number of hydrazone groups is 1. The third kappa shape index (κ3) is 5.01. The molecule has 1 aromatic rings. The van der Waals surface area contributed by atoms with Crippen LogP contribution in [0, 0.1) is 0 Å². The molecule has 2 rings (SSSR count). The van der Waals surface area contributed by atoms with Gasteiger partial charge >= 0.3 is 12.3 Å². The smallest absolute Gasteiger partial charge is 0.330 e. The Hall–Kier alpha value is -2.28. The van der Waals surface area contributed by atoms with Crippen LogP contribution in [0.15, 0.2) is 29.4 Å². The van der Waals surface area contributed by atoms with Crippen molar-refractivity contribution in [3.8, 4) is 0 Å². The van der Waals surface area contributed by atoms with Crippen LogP contribution in [0.5, 0.6) is 0 Å². The van der Waals surface area contributed by atoms with Gasteiger partial charge in [0.05, 0.1) is 6.61 Å². The van der Waals surface area contributed by atoms with E-state index in [0.717, 1.165) is 12.1 Å². The molecule has 1 amide bonds. The van der Waals surface area contributed by atoms with Gasteiger partial charge in [-0.2, -0.15) is 18.9 Å². The number of carbonyl (C=O) groups excluding carboxylic acids is 1. The maximum Gasteiger partial charge on any atom is 0.330 e. The number of rotatable bonds is 8. The summed E-state index contributed by atoms with van der Waals surface area (Å²) < 4.78 is 106. The average Bonchev–Trinajstić information content (AvgIpc) is 3.00. The number of halogens is 8. The minimum Gasteiger partial charge on any atom is -0.370 e. The van der Waals surface area contributed by atoms with Crippen LogP contribution in [0.4, 0.5) is 35.1 Å². The van der Waals surface area contributed by atoms with Gasteiger partial charge in [-0.1, -0.05) is 12.1 Å². The summed E-state index contributed by atoms with van der Waals surface area (Å²) in [7, 11) is 0. The fourth-order valence-corrected chi connectivity index (χ4v) is 2.39. The zero-order valence-corrected chi connectivity index (χ0v) is 14.3. The lowest BCUT2D eigenvalue weighted by atomic mass is 10.1. The van der Waals surface area contributed by atoms with Crippen LogP contribution in [0.25, 0.3) is 0 Å². The van der Waals surface area contributed by atoms with E-state index in [1.54, 1.807) is 0 Å². The van der Waals surface area contributed by atoms with Crippen LogP contribution in [-0.4, -0.2) is 59.3 Å². The molecule has 0 aliphatic carbocycles. The van der Waals surface area contributed by atoms with E-state index in [0.29, 0.717) is 0 Å². The Morgan fingerprint density at radius 3 is 2.45 bits per heavy atom. The van der Waals surface area contributed by atoms with Gasteiger partial charge in [0.15, 0.2) is 0 Å². The van der Waals surface area contributed by atoms with Gasteiger partial charge in [-0.05, 0) is 17.7 Å². The van der Waals surface area contributed by atoms with Crippen molar-refractivity contribution in [3.63, 3.8) is 0 Å². The normalized spacial score (nSPS) is 20.1. The Morgan fingerprint density at radius 1 is 1.24 bits per heavy atom. The molecular formula is C16H14F8N2O3. The van der Waals surface area contributed by atoms with E-state index in [-0.39, 0.29) is 10.6 Å². The number of amides is 1. The highest BCUT2D eigenvalue weighted by molar-refractivity contribution is 5.99. The third-order valence-corrected chi connectivity index (χ3v) is 3.89. The summed E-state index contributed by atoms with van der Waals surface area (Å²) in [6.07, 6.45) is -12.1. The molecule has 5 nitrogen and oxygen atoms in total. The van der Waals surface area contributed by atoms with Crippen LogP contribution in [0.2, 0.25) is 0 Å². The summed E-state index contributed by atoms with van der Waals surface area (Å²) in [5, 5.41) is 12.9. The van der Waals surface area contributed by atoms with Crippen LogP contribution in [-0.2, 0) is 11.3 Å². The van der Waals surface area contributed by atoms with E-state index < -0.39 is 67.7 Å². The van der Waals surface area contributed by atoms with Crippen molar-refractivity contribution >= 4 is 11.6 Å². The number of nitrogens with zero attached hydrogens (tertiary/aromatic N) is 2. The highest BCUT2D eigenvalue weighted by atomic mass is 19.3. The first kappa shape index (κ1) is 23.0. The van der Waals surface area contributed by atoms with Gasteiger partial charge in [-0.15, -0.1) is 0 Å². The molecule has 0 saturated carbocycles. The highest BCUT2D eigenvalue weighted by Crippen LogP contribution is 2.34. The van der Waals surface area contributed by atoms with E-state index >= 15 is 0 Å². The molecule has 0 fully saturated rings. The maximum atomic E-state index is 13.2. The van der Waals surface area contributed by atoms with Crippen molar-refractivity contribution in [2.24, 2.45) is 5.10 Å². The summed E-state index contributed by atoms with van der Waals surface area (Å²) in [5.41, 5.74) is -4.77. The second-order valence-corrected chi connectivity index (χ2v) is 6.12. The van der Waals surface area contributed by atoms with Crippen molar-refractivity contribution in [2.45, 2.75) is 44.0 Å². The predicted molar refractivity (Wildman–Crippen MR) is 82.2 cm³/mol. The van der Waals surface area contributed by atoms with Gasteiger partial charge in [0.25, 0.3) is 18.8 Å². The number of carbonyl (C=O) groups is 1. The van der Waals surface area contributed by atoms with Gasteiger partial charge in [0, 0.05) is 12.0 Å². The van der Waals surface area contributed by atoms with E-state index in [4.69, 9.17) is 0 Å². The Labute approximate surface area is 158 Å². The second-order valence-electron chi connectivity index (χ2n) is 6.12. The molecule has 1 N–H and O–H groups in total. The van der Waals surface area contributed by atoms with Crippen LogP contribution in [0.3, 0.4) is 0 Å². The Balaban J connectivity index is 2.17. The third-order valence-electron chi connectivity index (χ3n) is 3.89. The monoisotopic (exact) mass is 434 g/mol. The largest absolute Gasteiger partial charge is 0.370 e. The number of alkyl halides is 8. The number of hydrogen-bond donors (Lipinski definition) is 1. The van der Waals surface area contributed by atoms with Crippen LogP contribution in [0.1, 0.15) is 22.3 Å². The lowest BCUT2D eigenvalue weighted by molar-refractivity contribution is -0.168. The second kappa shape index (κ2) is 8.61. The van der Waals surface area contributed by atoms with Crippen molar-refractivity contribution < 1.29 is 49.8 Å². The summed E-state index contributed by atoms with van der Waals surface area (Å²) in [6, 6.07) is 4.49. The first-order valence-electron chi connectivity index (χ1n) is 7.91. The Bertz CT molecular complexity index is 774. The molecule has 1 aliphatic heterocycles. The summed E-state index contributed by atoms with van der Waals surface area (Å²) in [4.78, 5) is 12.4. The van der Waals surface area contributed by atoms with E-state index in [2.05, 4.69) is 9.84 Å². The molecule has 29 heavy (non-hydrogen) atoms. The molecule has 0 saturated heterocycles. The molecular weight excluding hydrogens is 420 g/mol. The molecule has 1 aliphatic rings. The van der Waals surface area contributed by atoms with Crippen molar-refractivity contribution in [1.29, 1.82) is 0 Å². The minimum atomic E-state index is -4.39. The quantitative estimate of drug-likeness (QED) is 0.637. The maximum absolute atomic E-state index is 13.2. The number of ether oxygens (including phenoxy) is 1. The molecule has 1 atom stereocenters. The standard InChI is InChI=1S/C16H14F8N2O3/c17-11(18)10-5-16(28,14(21)22)26(25-10)12(27)9-3-1-2-8(4-9)6-29-7-15(23,24)13(19)20/h1-4,11,13-14,28H,5-7H2. The highest BCUT2D eigenvalue weighted by Gasteiger charge is 2.53. The van der Waals surface area contributed by atoms with Gasteiger partial charge in [-0.25, -0.2) is 26.3 Å².